The van der Waals surface area contributed by atoms with E-state index in [4.69, 9.17) is 9.47 Å². The second-order valence-electron chi connectivity index (χ2n) is 7.73. The van der Waals surface area contributed by atoms with E-state index in [1.165, 1.54) is 21.3 Å². The number of H-pyrrole nitrogens is 1. The highest BCUT2D eigenvalue weighted by Crippen LogP contribution is 2.30. The normalized spacial score (nSPS) is 15.8. The van der Waals surface area contributed by atoms with Crippen LogP contribution >= 0.6 is 15.9 Å². The molecule has 12 nitrogen and oxygen atoms in total. The second-order valence-corrected chi connectivity index (χ2v) is 10.4. The van der Waals surface area contributed by atoms with E-state index in [0.29, 0.717) is 42.9 Å². The van der Waals surface area contributed by atoms with Gasteiger partial charge in [0.1, 0.15) is 27.4 Å². The van der Waals surface area contributed by atoms with Crippen LogP contribution in [-0.2, 0) is 21.8 Å². The third-order valence-electron chi connectivity index (χ3n) is 5.65. The van der Waals surface area contributed by atoms with Crippen LogP contribution in [0.15, 0.2) is 26.6 Å². The SMILES string of the molecule is CCN1CCN(S(=O)(=O)c2cnc(OCCOC)c(-c3nc4c(Br)n(C)nc4c(=O)[nH]3)c2)CC1. The molecule has 3 aromatic heterocycles. The molecule has 34 heavy (non-hydrogen) atoms. The van der Waals surface area contributed by atoms with Gasteiger partial charge in [-0.15, -0.1) is 0 Å². The van der Waals surface area contributed by atoms with Crippen LogP contribution in [-0.4, -0.2) is 95.4 Å². The molecule has 0 radical (unpaired) electrons. The minimum absolute atomic E-state index is 0.000428. The fraction of sp³-hybridized carbons (Fsp3) is 0.500. The van der Waals surface area contributed by atoms with E-state index in [2.05, 4.69) is 40.9 Å². The Labute approximate surface area is 205 Å². The van der Waals surface area contributed by atoms with E-state index >= 15 is 0 Å². The minimum atomic E-state index is -3.80. The lowest BCUT2D eigenvalue weighted by Gasteiger charge is -2.33. The number of aryl methyl sites for hydroxylation is 1. The Morgan fingerprint density at radius 3 is 2.59 bits per heavy atom. The Bertz CT molecular complexity index is 1350. The van der Waals surface area contributed by atoms with E-state index in [9.17, 15) is 13.2 Å². The predicted octanol–water partition coefficient (Wildman–Crippen LogP) is 0.833. The van der Waals surface area contributed by atoms with Gasteiger partial charge in [0.25, 0.3) is 5.56 Å². The highest BCUT2D eigenvalue weighted by Gasteiger charge is 2.30. The molecular weight excluding hydrogens is 530 g/mol. The number of halogens is 1. The summed E-state index contributed by atoms with van der Waals surface area (Å²) in [6, 6.07) is 1.44. The molecule has 184 valence electrons. The third kappa shape index (κ3) is 4.73. The van der Waals surface area contributed by atoms with Crippen LogP contribution in [0.25, 0.3) is 22.4 Å². The molecule has 1 N–H and O–H groups in total. The van der Waals surface area contributed by atoms with Gasteiger partial charge in [0.05, 0.1) is 18.4 Å². The van der Waals surface area contributed by atoms with Gasteiger partial charge < -0.3 is 19.4 Å². The number of aromatic amines is 1. The molecule has 1 aliphatic heterocycles. The Kier molecular flexibility index (Phi) is 7.33. The lowest BCUT2D eigenvalue weighted by atomic mass is 10.2. The van der Waals surface area contributed by atoms with Gasteiger partial charge in [0.15, 0.2) is 5.52 Å². The summed E-state index contributed by atoms with van der Waals surface area (Å²) < 4.78 is 40.9. The number of nitrogens with one attached hydrogen (secondary N) is 1. The summed E-state index contributed by atoms with van der Waals surface area (Å²) in [5, 5.41) is 4.15. The van der Waals surface area contributed by atoms with Crippen LogP contribution < -0.4 is 10.3 Å². The van der Waals surface area contributed by atoms with Crippen molar-refractivity contribution in [3.63, 3.8) is 0 Å². The number of nitrogens with zero attached hydrogens (tertiary/aromatic N) is 6. The van der Waals surface area contributed by atoms with Gasteiger partial charge in [0, 0.05) is 40.3 Å². The van der Waals surface area contributed by atoms with Crippen molar-refractivity contribution >= 4 is 37.0 Å². The van der Waals surface area contributed by atoms with Crippen molar-refractivity contribution in [1.82, 2.24) is 33.9 Å². The maximum Gasteiger partial charge on any atom is 0.279 e. The molecule has 0 unspecified atom stereocenters. The van der Waals surface area contributed by atoms with Crippen LogP contribution in [0.4, 0.5) is 0 Å². The van der Waals surface area contributed by atoms with Crippen LogP contribution in [0.2, 0.25) is 0 Å². The van der Waals surface area contributed by atoms with E-state index < -0.39 is 15.6 Å². The number of fused-ring (bicyclic) bond motifs is 1. The zero-order valence-corrected chi connectivity index (χ0v) is 21.5. The maximum absolute atomic E-state index is 13.4. The van der Waals surface area contributed by atoms with Gasteiger partial charge in [-0.2, -0.15) is 9.40 Å². The first-order valence-electron chi connectivity index (χ1n) is 10.7. The van der Waals surface area contributed by atoms with E-state index in [1.807, 2.05) is 6.92 Å². The zero-order chi connectivity index (χ0) is 24.5. The smallest absolute Gasteiger partial charge is 0.279 e. The van der Waals surface area contributed by atoms with Gasteiger partial charge in [0.2, 0.25) is 15.9 Å². The highest BCUT2D eigenvalue weighted by molar-refractivity contribution is 9.10. The lowest BCUT2D eigenvalue weighted by Crippen LogP contribution is -2.48. The number of sulfonamides is 1. The van der Waals surface area contributed by atoms with Crippen LogP contribution in [0.1, 0.15) is 6.92 Å². The molecule has 1 aliphatic rings. The van der Waals surface area contributed by atoms with Crippen molar-refractivity contribution in [3.8, 4) is 17.3 Å². The second kappa shape index (κ2) is 10.1. The van der Waals surface area contributed by atoms with Gasteiger partial charge in [-0.25, -0.2) is 18.4 Å². The fourth-order valence-corrected chi connectivity index (χ4v) is 5.44. The molecule has 0 bridgehead atoms. The quantitative estimate of drug-likeness (QED) is 0.401. The van der Waals surface area contributed by atoms with Crippen molar-refractivity contribution in [2.45, 2.75) is 11.8 Å². The summed E-state index contributed by atoms with van der Waals surface area (Å²) in [5.74, 6) is 0.258. The van der Waals surface area contributed by atoms with Crippen LogP contribution in [0.5, 0.6) is 5.88 Å². The summed E-state index contributed by atoms with van der Waals surface area (Å²) in [7, 11) is -0.586. The lowest BCUT2D eigenvalue weighted by molar-refractivity contribution is 0.144. The highest BCUT2D eigenvalue weighted by atomic mass is 79.9. The molecule has 0 spiro atoms. The largest absolute Gasteiger partial charge is 0.475 e. The number of ether oxygens (including phenoxy) is 2. The topological polar surface area (TPSA) is 136 Å². The number of rotatable bonds is 8. The number of piperazine rings is 1. The standard InChI is InChI=1S/C20H26BrN7O5S/c1-4-27-5-7-28(8-6-27)34(30,31)13-11-14(20(22-12-13)33-10-9-32-3)18-23-15-16(19(29)24-18)25-26(2)17(15)21/h11-12H,4-10H2,1-3H3,(H,23,24,29). The van der Waals surface area contributed by atoms with Crippen LogP contribution in [0.3, 0.4) is 0 Å². The number of aromatic nitrogens is 5. The molecular formula is C20H26BrN7O5S. The molecule has 0 amide bonds. The van der Waals surface area contributed by atoms with E-state index in [-0.39, 0.29) is 34.3 Å². The van der Waals surface area contributed by atoms with Crippen molar-refractivity contribution in [2.75, 3.05) is 53.0 Å². The number of hydrogen-bond donors (Lipinski definition) is 1. The van der Waals surface area contributed by atoms with Crippen molar-refractivity contribution in [1.29, 1.82) is 0 Å². The van der Waals surface area contributed by atoms with E-state index in [0.717, 1.165) is 6.54 Å². The molecule has 14 heteroatoms. The molecule has 1 fully saturated rings. The van der Waals surface area contributed by atoms with Gasteiger partial charge >= 0.3 is 0 Å². The summed E-state index contributed by atoms with van der Waals surface area (Å²) >= 11 is 3.39. The number of hydrogen-bond acceptors (Lipinski definition) is 9. The van der Waals surface area contributed by atoms with E-state index in [1.54, 1.807) is 14.2 Å². The van der Waals surface area contributed by atoms with Gasteiger partial charge in [-0.05, 0) is 28.5 Å². The molecule has 1 saturated heterocycles. The summed E-state index contributed by atoms with van der Waals surface area (Å²) in [6.07, 6.45) is 1.27. The Balaban J connectivity index is 1.79. The minimum Gasteiger partial charge on any atom is -0.475 e. The summed E-state index contributed by atoms with van der Waals surface area (Å²) in [5.41, 5.74) is 0.283. The molecule has 3 aromatic rings. The zero-order valence-electron chi connectivity index (χ0n) is 19.1. The predicted molar refractivity (Wildman–Crippen MR) is 128 cm³/mol. The third-order valence-corrected chi connectivity index (χ3v) is 8.40. The van der Waals surface area contributed by atoms with Gasteiger partial charge in [-0.3, -0.25) is 9.48 Å². The van der Waals surface area contributed by atoms with Crippen molar-refractivity contribution in [2.24, 2.45) is 7.05 Å². The average Bonchev–Trinajstić information content (AvgIpc) is 3.13. The molecule has 4 heterocycles. The molecule has 0 aliphatic carbocycles. The Hall–Kier alpha value is -2.39. The first-order chi connectivity index (χ1) is 16.3. The molecule has 0 aromatic carbocycles. The maximum atomic E-state index is 13.4. The number of likely N-dealkylation sites (N-methyl/N-ethyl adjacent to an activating group) is 1. The van der Waals surface area contributed by atoms with Crippen molar-refractivity contribution < 1.29 is 17.9 Å². The number of methoxy groups -OCH3 is 1. The first kappa shape index (κ1) is 24.7. The van der Waals surface area contributed by atoms with Crippen molar-refractivity contribution in [3.05, 3.63) is 27.2 Å². The van der Waals surface area contributed by atoms with Gasteiger partial charge in [-0.1, -0.05) is 6.92 Å². The molecule has 4 rings (SSSR count). The monoisotopic (exact) mass is 555 g/mol. The summed E-state index contributed by atoms with van der Waals surface area (Å²) in [4.78, 5) is 26.4. The first-order valence-corrected chi connectivity index (χ1v) is 13.0. The summed E-state index contributed by atoms with van der Waals surface area (Å²) in [6.45, 7) is 5.52. The number of pyridine rings is 1. The molecule has 0 atom stereocenters. The van der Waals surface area contributed by atoms with Crippen LogP contribution in [0, 0.1) is 0 Å². The molecule has 0 saturated carbocycles. The average molecular weight is 556 g/mol. The Morgan fingerprint density at radius 1 is 1.18 bits per heavy atom. The Morgan fingerprint density at radius 2 is 1.91 bits per heavy atom. The fourth-order valence-electron chi connectivity index (χ4n) is 3.69.